The monoisotopic (exact) mass is 358 g/mol. The van der Waals surface area contributed by atoms with Crippen LogP contribution in [0.1, 0.15) is 25.8 Å². The van der Waals surface area contributed by atoms with E-state index in [9.17, 15) is 4.79 Å². The molecule has 0 saturated heterocycles. The van der Waals surface area contributed by atoms with E-state index in [0.29, 0.717) is 22.8 Å². The third kappa shape index (κ3) is 3.16. The van der Waals surface area contributed by atoms with Crippen LogP contribution in [-0.4, -0.2) is 31.3 Å². The van der Waals surface area contributed by atoms with E-state index >= 15 is 0 Å². The normalized spacial score (nSPS) is 12.3. The Labute approximate surface area is 128 Å². The maximum Gasteiger partial charge on any atom is 0.305 e. The highest BCUT2D eigenvalue weighted by Gasteiger charge is 2.21. The molecule has 106 valence electrons. The van der Waals surface area contributed by atoms with Crippen LogP contribution in [0.25, 0.3) is 11.4 Å². The molecule has 1 aromatic heterocycles. The Morgan fingerprint density at radius 3 is 2.90 bits per heavy atom. The van der Waals surface area contributed by atoms with E-state index in [1.165, 1.54) is 4.68 Å². The summed E-state index contributed by atoms with van der Waals surface area (Å²) in [6.07, 6.45) is 0.571. The van der Waals surface area contributed by atoms with Crippen molar-refractivity contribution >= 4 is 33.5 Å². The van der Waals surface area contributed by atoms with Gasteiger partial charge in [0.1, 0.15) is 0 Å². The number of tetrazole rings is 1. The number of benzene rings is 1. The van der Waals surface area contributed by atoms with Gasteiger partial charge in [-0.3, -0.25) is 4.79 Å². The molecular formula is C12H12BrClN4O2. The van der Waals surface area contributed by atoms with Crippen LogP contribution >= 0.6 is 27.5 Å². The van der Waals surface area contributed by atoms with Crippen molar-refractivity contribution in [3.63, 3.8) is 0 Å². The average Bonchev–Trinajstić information content (AvgIpc) is 2.84. The van der Waals surface area contributed by atoms with E-state index in [-0.39, 0.29) is 12.5 Å². The zero-order valence-corrected chi connectivity index (χ0v) is 13.0. The van der Waals surface area contributed by atoms with Crippen LogP contribution in [0.15, 0.2) is 22.7 Å². The number of carboxylic acid groups (broad SMARTS) is 1. The quantitative estimate of drug-likeness (QED) is 0.886. The summed E-state index contributed by atoms with van der Waals surface area (Å²) in [4.78, 5) is 10.9. The Bertz CT molecular complexity index is 632. The van der Waals surface area contributed by atoms with E-state index in [1.807, 2.05) is 13.0 Å². The van der Waals surface area contributed by atoms with E-state index in [4.69, 9.17) is 16.7 Å². The Hall–Kier alpha value is -1.47. The van der Waals surface area contributed by atoms with Gasteiger partial charge in [0.2, 0.25) is 0 Å². The SMILES string of the molecule is CCC(CC(=O)O)n1nnnc1-c1ccc(Br)cc1Cl. The predicted octanol–water partition coefficient (Wildman–Crippen LogP) is 3.18. The molecule has 2 aromatic rings. The smallest absolute Gasteiger partial charge is 0.305 e. The molecule has 0 radical (unpaired) electrons. The summed E-state index contributed by atoms with van der Waals surface area (Å²) in [5.41, 5.74) is 0.670. The fourth-order valence-electron chi connectivity index (χ4n) is 1.89. The largest absolute Gasteiger partial charge is 0.481 e. The highest BCUT2D eigenvalue weighted by molar-refractivity contribution is 9.10. The number of hydrogen-bond donors (Lipinski definition) is 1. The summed E-state index contributed by atoms with van der Waals surface area (Å²) >= 11 is 9.52. The van der Waals surface area contributed by atoms with Crippen LogP contribution in [0.2, 0.25) is 5.02 Å². The number of carbonyl (C=O) groups is 1. The van der Waals surface area contributed by atoms with Crippen molar-refractivity contribution in [2.75, 3.05) is 0 Å². The molecule has 1 aromatic carbocycles. The lowest BCUT2D eigenvalue weighted by atomic mass is 10.1. The summed E-state index contributed by atoms with van der Waals surface area (Å²) in [6.45, 7) is 1.89. The van der Waals surface area contributed by atoms with Gasteiger partial charge in [0.05, 0.1) is 17.5 Å². The fourth-order valence-corrected chi connectivity index (χ4v) is 2.65. The van der Waals surface area contributed by atoms with Gasteiger partial charge in [-0.15, -0.1) is 5.10 Å². The minimum atomic E-state index is -0.889. The van der Waals surface area contributed by atoms with Gasteiger partial charge in [0.15, 0.2) is 5.82 Å². The van der Waals surface area contributed by atoms with Gasteiger partial charge in [-0.1, -0.05) is 34.5 Å². The average molecular weight is 360 g/mol. The number of aliphatic carboxylic acids is 1. The van der Waals surface area contributed by atoms with Gasteiger partial charge >= 0.3 is 5.97 Å². The molecule has 0 fully saturated rings. The second-order valence-corrected chi connectivity index (χ2v) is 5.55. The summed E-state index contributed by atoms with van der Waals surface area (Å²) in [6, 6.07) is 5.06. The summed E-state index contributed by atoms with van der Waals surface area (Å²) < 4.78 is 2.37. The number of carboxylic acids is 1. The van der Waals surface area contributed by atoms with E-state index in [1.54, 1.807) is 12.1 Å². The first-order chi connectivity index (χ1) is 9.52. The molecular weight excluding hydrogens is 348 g/mol. The molecule has 1 atom stereocenters. The van der Waals surface area contributed by atoms with Crippen LogP contribution in [0, 0.1) is 0 Å². The molecule has 0 aliphatic heterocycles. The molecule has 0 aliphatic rings. The molecule has 0 spiro atoms. The lowest BCUT2D eigenvalue weighted by molar-refractivity contribution is -0.138. The number of rotatable bonds is 5. The fraction of sp³-hybridized carbons (Fsp3) is 0.333. The maximum absolute atomic E-state index is 10.9. The van der Waals surface area contributed by atoms with Crippen molar-refractivity contribution in [2.24, 2.45) is 0 Å². The molecule has 8 heteroatoms. The van der Waals surface area contributed by atoms with Crippen LogP contribution in [0.4, 0.5) is 0 Å². The zero-order valence-electron chi connectivity index (χ0n) is 10.6. The highest BCUT2D eigenvalue weighted by Crippen LogP contribution is 2.30. The van der Waals surface area contributed by atoms with Gasteiger partial charge in [-0.05, 0) is 35.0 Å². The number of nitrogens with zero attached hydrogens (tertiary/aromatic N) is 4. The van der Waals surface area contributed by atoms with Crippen LogP contribution in [0.5, 0.6) is 0 Å². The molecule has 6 nitrogen and oxygen atoms in total. The van der Waals surface area contributed by atoms with E-state index in [0.717, 1.165) is 4.47 Å². The topological polar surface area (TPSA) is 80.9 Å². The van der Waals surface area contributed by atoms with Crippen molar-refractivity contribution in [3.05, 3.63) is 27.7 Å². The third-order valence-electron chi connectivity index (χ3n) is 2.89. The molecule has 0 amide bonds. The van der Waals surface area contributed by atoms with Crippen LogP contribution in [-0.2, 0) is 4.79 Å². The van der Waals surface area contributed by atoms with Gasteiger partial charge in [0.25, 0.3) is 0 Å². The molecule has 2 rings (SSSR count). The first kappa shape index (κ1) is 14.9. The summed E-state index contributed by atoms with van der Waals surface area (Å²) in [7, 11) is 0. The van der Waals surface area contributed by atoms with Crippen molar-refractivity contribution < 1.29 is 9.90 Å². The molecule has 20 heavy (non-hydrogen) atoms. The predicted molar refractivity (Wildman–Crippen MR) is 77.5 cm³/mol. The highest BCUT2D eigenvalue weighted by atomic mass is 79.9. The maximum atomic E-state index is 10.9. The Kier molecular flexibility index (Phi) is 4.72. The Morgan fingerprint density at radius 1 is 1.55 bits per heavy atom. The van der Waals surface area contributed by atoms with Crippen LogP contribution in [0.3, 0.4) is 0 Å². The lowest BCUT2D eigenvalue weighted by Crippen LogP contribution is -2.15. The van der Waals surface area contributed by atoms with Gasteiger partial charge < -0.3 is 5.11 Å². The van der Waals surface area contributed by atoms with E-state index < -0.39 is 5.97 Å². The van der Waals surface area contributed by atoms with Crippen molar-refractivity contribution in [1.29, 1.82) is 0 Å². The summed E-state index contributed by atoms with van der Waals surface area (Å²) in [5.74, 6) is -0.421. The van der Waals surface area contributed by atoms with Crippen molar-refractivity contribution in [1.82, 2.24) is 20.2 Å². The number of halogens is 2. The number of hydrogen-bond acceptors (Lipinski definition) is 4. The third-order valence-corrected chi connectivity index (χ3v) is 3.70. The molecule has 0 bridgehead atoms. The minimum Gasteiger partial charge on any atom is -0.481 e. The second kappa shape index (κ2) is 6.32. The second-order valence-electron chi connectivity index (χ2n) is 4.23. The molecule has 1 N–H and O–H groups in total. The van der Waals surface area contributed by atoms with Gasteiger partial charge in [0, 0.05) is 10.0 Å². The van der Waals surface area contributed by atoms with E-state index in [2.05, 4.69) is 31.5 Å². The Balaban J connectivity index is 2.43. The van der Waals surface area contributed by atoms with Crippen molar-refractivity contribution in [2.45, 2.75) is 25.8 Å². The first-order valence-electron chi connectivity index (χ1n) is 5.98. The molecule has 0 saturated carbocycles. The standard InChI is InChI=1S/C12H12BrClN4O2/c1-2-8(6-11(19)20)18-12(15-16-17-18)9-4-3-7(13)5-10(9)14/h3-5,8H,2,6H2,1H3,(H,19,20). The lowest BCUT2D eigenvalue weighted by Gasteiger charge is -2.14. The molecule has 1 unspecified atom stereocenters. The van der Waals surface area contributed by atoms with Crippen molar-refractivity contribution in [3.8, 4) is 11.4 Å². The zero-order chi connectivity index (χ0) is 14.7. The van der Waals surface area contributed by atoms with Gasteiger partial charge in [-0.25, -0.2) is 4.68 Å². The number of aromatic nitrogens is 4. The minimum absolute atomic E-state index is 0.0390. The summed E-state index contributed by atoms with van der Waals surface area (Å²) in [5, 5.41) is 21.0. The first-order valence-corrected chi connectivity index (χ1v) is 7.15. The molecule has 0 aliphatic carbocycles. The van der Waals surface area contributed by atoms with Gasteiger partial charge in [-0.2, -0.15) is 0 Å². The Morgan fingerprint density at radius 2 is 2.30 bits per heavy atom. The molecule has 1 heterocycles. The van der Waals surface area contributed by atoms with Crippen LogP contribution < -0.4 is 0 Å².